The first-order valence-electron chi connectivity index (χ1n) is 5.94. The summed E-state index contributed by atoms with van der Waals surface area (Å²) < 4.78 is 0. The maximum atomic E-state index is 12.0. The van der Waals surface area contributed by atoms with E-state index in [0.717, 1.165) is 6.07 Å². The van der Waals surface area contributed by atoms with E-state index in [1.165, 1.54) is 12.1 Å². The zero-order valence-electron chi connectivity index (χ0n) is 10.8. The van der Waals surface area contributed by atoms with E-state index in [2.05, 4.69) is 5.32 Å². The summed E-state index contributed by atoms with van der Waals surface area (Å²) in [6.07, 6.45) is 0.489. The van der Waals surface area contributed by atoms with Crippen LogP contribution in [-0.2, 0) is 4.79 Å². The van der Waals surface area contributed by atoms with Gasteiger partial charge in [0.05, 0.1) is 0 Å². The molecule has 0 saturated heterocycles. The molecule has 0 bridgehead atoms. The minimum Gasteiger partial charge on any atom is -0.504 e. The second-order valence-electron chi connectivity index (χ2n) is 4.25. The lowest BCUT2D eigenvalue weighted by molar-refractivity contribution is -0.144. The normalized spacial score (nSPS) is 11.1. The van der Waals surface area contributed by atoms with Crippen LogP contribution in [0.15, 0.2) is 18.2 Å². The molecular formula is C13H17NO5. The number of rotatable bonds is 5. The number of carbonyl (C=O) groups excluding carboxylic acids is 1. The van der Waals surface area contributed by atoms with Crippen LogP contribution < -0.4 is 5.32 Å². The van der Waals surface area contributed by atoms with Crippen LogP contribution in [-0.4, -0.2) is 32.7 Å². The molecule has 0 aliphatic carbocycles. The smallest absolute Gasteiger partial charge is 0.329 e. The minimum absolute atomic E-state index is 0.0859. The number of hydrogen-bond donors (Lipinski definition) is 4. The van der Waals surface area contributed by atoms with Crippen molar-refractivity contribution in [2.45, 2.75) is 32.2 Å². The first kappa shape index (κ1) is 14.8. The summed E-state index contributed by atoms with van der Waals surface area (Å²) in [7, 11) is 0. The molecule has 1 aromatic rings. The van der Waals surface area contributed by atoms with Gasteiger partial charge in [-0.25, -0.2) is 4.79 Å². The van der Waals surface area contributed by atoms with Gasteiger partial charge in [0.2, 0.25) is 0 Å². The summed E-state index contributed by atoms with van der Waals surface area (Å²) in [5.74, 6) is -2.48. The van der Waals surface area contributed by atoms with Gasteiger partial charge in [0.1, 0.15) is 5.54 Å². The first-order valence-corrected chi connectivity index (χ1v) is 5.94. The van der Waals surface area contributed by atoms with Crippen LogP contribution >= 0.6 is 0 Å². The lowest BCUT2D eigenvalue weighted by atomic mass is 9.92. The van der Waals surface area contributed by atoms with Crippen LogP contribution in [0.25, 0.3) is 0 Å². The van der Waals surface area contributed by atoms with Crippen molar-refractivity contribution >= 4 is 11.9 Å². The fraction of sp³-hybridized carbons (Fsp3) is 0.385. The molecular weight excluding hydrogens is 250 g/mol. The molecule has 6 heteroatoms. The van der Waals surface area contributed by atoms with Crippen LogP contribution in [0.4, 0.5) is 0 Å². The molecule has 0 heterocycles. The third-order valence-electron chi connectivity index (χ3n) is 3.21. The summed E-state index contributed by atoms with van der Waals surface area (Å²) in [5, 5.41) is 30.2. The fourth-order valence-corrected chi connectivity index (χ4v) is 1.74. The highest BCUT2D eigenvalue weighted by Crippen LogP contribution is 2.25. The standard InChI is InChI=1S/C13H17NO5/c1-3-13(4-2,12(18)19)14-11(17)8-5-6-9(15)10(16)7-8/h5-7,15-16H,3-4H2,1-2H3,(H,14,17)(H,18,19). The maximum Gasteiger partial charge on any atom is 0.329 e. The van der Waals surface area contributed by atoms with Gasteiger partial charge in [-0.3, -0.25) is 4.79 Å². The van der Waals surface area contributed by atoms with Crippen molar-refractivity contribution in [2.75, 3.05) is 0 Å². The fourth-order valence-electron chi connectivity index (χ4n) is 1.74. The van der Waals surface area contributed by atoms with Gasteiger partial charge < -0.3 is 20.6 Å². The van der Waals surface area contributed by atoms with Crippen molar-refractivity contribution in [1.82, 2.24) is 5.32 Å². The summed E-state index contributed by atoms with van der Waals surface area (Å²) in [6.45, 7) is 3.35. The number of aromatic hydroxyl groups is 2. The van der Waals surface area contributed by atoms with Crippen molar-refractivity contribution in [3.63, 3.8) is 0 Å². The molecule has 0 aliphatic rings. The molecule has 0 saturated carbocycles. The Morgan fingerprint density at radius 1 is 1.16 bits per heavy atom. The molecule has 6 nitrogen and oxygen atoms in total. The summed E-state index contributed by atoms with van der Waals surface area (Å²) in [6, 6.07) is 3.56. The van der Waals surface area contributed by atoms with Crippen molar-refractivity contribution in [3.8, 4) is 11.5 Å². The number of benzene rings is 1. The van der Waals surface area contributed by atoms with Crippen molar-refractivity contribution < 1.29 is 24.9 Å². The highest BCUT2D eigenvalue weighted by molar-refractivity contribution is 5.98. The molecule has 4 N–H and O–H groups in total. The highest BCUT2D eigenvalue weighted by atomic mass is 16.4. The van der Waals surface area contributed by atoms with E-state index in [1.54, 1.807) is 13.8 Å². The van der Waals surface area contributed by atoms with Gasteiger partial charge in [0.15, 0.2) is 11.5 Å². The average Bonchev–Trinajstić information content (AvgIpc) is 2.38. The van der Waals surface area contributed by atoms with E-state index < -0.39 is 23.2 Å². The Balaban J connectivity index is 3.00. The number of hydrogen-bond acceptors (Lipinski definition) is 4. The molecule has 0 aliphatic heterocycles. The van der Waals surface area contributed by atoms with Crippen molar-refractivity contribution in [1.29, 1.82) is 0 Å². The van der Waals surface area contributed by atoms with E-state index in [4.69, 9.17) is 5.11 Å². The topological polar surface area (TPSA) is 107 Å². The second-order valence-corrected chi connectivity index (χ2v) is 4.25. The number of nitrogens with one attached hydrogen (secondary N) is 1. The Hall–Kier alpha value is -2.24. The number of carboxylic acids is 1. The van der Waals surface area contributed by atoms with E-state index in [1.807, 2.05) is 0 Å². The number of carbonyl (C=O) groups is 2. The minimum atomic E-state index is -1.33. The molecule has 1 aromatic carbocycles. The predicted octanol–water partition coefficient (Wildman–Crippen LogP) is 1.47. The Morgan fingerprint density at radius 2 is 1.74 bits per heavy atom. The van der Waals surface area contributed by atoms with Gasteiger partial charge in [-0.1, -0.05) is 13.8 Å². The molecule has 0 radical (unpaired) electrons. The molecule has 19 heavy (non-hydrogen) atoms. The van der Waals surface area contributed by atoms with Gasteiger partial charge in [-0.2, -0.15) is 0 Å². The number of carboxylic acid groups (broad SMARTS) is 1. The third kappa shape index (κ3) is 2.96. The first-order chi connectivity index (χ1) is 8.86. The zero-order valence-corrected chi connectivity index (χ0v) is 10.8. The Kier molecular flexibility index (Phi) is 4.37. The number of amides is 1. The Morgan fingerprint density at radius 3 is 2.16 bits per heavy atom. The van der Waals surface area contributed by atoms with Gasteiger partial charge in [-0.15, -0.1) is 0 Å². The van der Waals surface area contributed by atoms with E-state index in [-0.39, 0.29) is 24.2 Å². The average molecular weight is 267 g/mol. The maximum absolute atomic E-state index is 12.0. The van der Waals surface area contributed by atoms with Crippen LogP contribution in [0.2, 0.25) is 0 Å². The highest BCUT2D eigenvalue weighted by Gasteiger charge is 2.36. The quantitative estimate of drug-likeness (QED) is 0.604. The molecule has 1 rings (SSSR count). The molecule has 0 fully saturated rings. The zero-order chi connectivity index (χ0) is 14.6. The molecule has 0 atom stereocenters. The van der Waals surface area contributed by atoms with Gasteiger partial charge in [0.25, 0.3) is 5.91 Å². The predicted molar refractivity (Wildman–Crippen MR) is 68.2 cm³/mol. The number of phenols is 2. The van der Waals surface area contributed by atoms with Crippen LogP contribution in [0.1, 0.15) is 37.0 Å². The largest absolute Gasteiger partial charge is 0.504 e. The number of phenolic OH excluding ortho intramolecular Hbond substituents is 2. The van der Waals surface area contributed by atoms with Crippen LogP contribution in [0.5, 0.6) is 11.5 Å². The number of aliphatic carboxylic acids is 1. The summed E-state index contributed by atoms with van der Waals surface area (Å²) >= 11 is 0. The lowest BCUT2D eigenvalue weighted by Gasteiger charge is -2.28. The van der Waals surface area contributed by atoms with E-state index in [0.29, 0.717) is 0 Å². The summed E-state index contributed by atoms with van der Waals surface area (Å²) in [5.41, 5.74) is -1.24. The molecule has 104 valence electrons. The molecule has 0 spiro atoms. The van der Waals surface area contributed by atoms with Gasteiger partial charge in [0, 0.05) is 5.56 Å². The molecule has 0 unspecified atom stereocenters. The SMILES string of the molecule is CCC(CC)(NC(=O)c1ccc(O)c(O)c1)C(=O)O. The second kappa shape index (κ2) is 5.60. The van der Waals surface area contributed by atoms with Gasteiger partial charge >= 0.3 is 5.97 Å². The molecule has 0 aromatic heterocycles. The monoisotopic (exact) mass is 267 g/mol. The summed E-state index contributed by atoms with van der Waals surface area (Å²) in [4.78, 5) is 23.2. The van der Waals surface area contributed by atoms with Crippen LogP contribution in [0, 0.1) is 0 Å². The third-order valence-corrected chi connectivity index (χ3v) is 3.21. The molecule has 1 amide bonds. The van der Waals surface area contributed by atoms with Gasteiger partial charge in [-0.05, 0) is 31.0 Å². The Bertz CT molecular complexity index is 494. The van der Waals surface area contributed by atoms with E-state index >= 15 is 0 Å². The van der Waals surface area contributed by atoms with E-state index in [9.17, 15) is 19.8 Å². The lowest BCUT2D eigenvalue weighted by Crippen LogP contribution is -2.53. The van der Waals surface area contributed by atoms with Crippen molar-refractivity contribution in [2.24, 2.45) is 0 Å². The van der Waals surface area contributed by atoms with Crippen molar-refractivity contribution in [3.05, 3.63) is 23.8 Å². The Labute approximate surface area is 110 Å². The van der Waals surface area contributed by atoms with Crippen LogP contribution in [0.3, 0.4) is 0 Å².